The summed E-state index contributed by atoms with van der Waals surface area (Å²) in [6, 6.07) is 6.04. The van der Waals surface area contributed by atoms with Crippen molar-refractivity contribution in [2.75, 3.05) is 0 Å². The minimum atomic E-state index is -0.495. The molecular weight excluding hydrogens is 396 g/mol. The van der Waals surface area contributed by atoms with E-state index in [-0.39, 0.29) is 17.6 Å². The van der Waals surface area contributed by atoms with Crippen molar-refractivity contribution >= 4 is 11.7 Å². The molecule has 0 amide bonds. The number of benzene rings is 1. The Morgan fingerprint density at radius 2 is 2.06 bits per heavy atom. The van der Waals surface area contributed by atoms with E-state index < -0.39 is 5.69 Å². The van der Waals surface area contributed by atoms with Gasteiger partial charge >= 0.3 is 5.69 Å². The van der Waals surface area contributed by atoms with Gasteiger partial charge in [0.25, 0.3) is 0 Å². The Balaban J connectivity index is 1.78. The molecule has 31 heavy (non-hydrogen) atoms. The van der Waals surface area contributed by atoms with Crippen LogP contribution in [0.2, 0.25) is 0 Å². The lowest BCUT2D eigenvalue weighted by Crippen LogP contribution is -2.19. The molecule has 0 aliphatic heterocycles. The quantitative estimate of drug-likeness (QED) is 0.397. The molecule has 3 aromatic heterocycles. The van der Waals surface area contributed by atoms with Crippen LogP contribution in [0.25, 0.3) is 23.0 Å². The minimum Gasteiger partial charge on any atom is -0.507 e. The highest BCUT2D eigenvalue weighted by molar-refractivity contribution is 5.66. The Labute approximate surface area is 176 Å². The van der Waals surface area contributed by atoms with Crippen molar-refractivity contribution in [3.05, 3.63) is 62.4 Å². The van der Waals surface area contributed by atoms with Gasteiger partial charge in [0, 0.05) is 16.8 Å². The standard InChI is InChI=1S/C22H22N6O3/c1-3-12-7-13(6-11(2)19(12)29)16-9-18(24-15-4-5-15)28-20(25-16)14(10-23-28)8-17-21(30)27-22(31)26-17/h6-10,15,29-30H,3-5H2,1-2H3,(H2,26,27,31). The normalized spacial score (nSPS) is 15.3. The number of aromatic amines is 2. The molecule has 0 saturated heterocycles. The van der Waals surface area contributed by atoms with Crippen LogP contribution in [0.5, 0.6) is 11.6 Å². The van der Waals surface area contributed by atoms with Crippen LogP contribution >= 0.6 is 0 Å². The number of hydrogen-bond acceptors (Lipinski definition) is 6. The Hall–Kier alpha value is -3.88. The molecule has 0 unspecified atom stereocenters. The largest absolute Gasteiger partial charge is 0.507 e. The van der Waals surface area contributed by atoms with E-state index in [1.165, 1.54) is 0 Å². The van der Waals surface area contributed by atoms with Gasteiger partial charge in [0.2, 0.25) is 5.88 Å². The second kappa shape index (κ2) is 7.12. The van der Waals surface area contributed by atoms with Crippen LogP contribution in [-0.2, 0) is 6.42 Å². The molecular formula is C22H22N6O3. The third-order valence-electron chi connectivity index (χ3n) is 5.43. The van der Waals surface area contributed by atoms with Crippen LogP contribution < -0.4 is 16.4 Å². The van der Waals surface area contributed by atoms with Gasteiger partial charge in [-0.05, 0) is 55.5 Å². The van der Waals surface area contributed by atoms with E-state index in [4.69, 9.17) is 9.98 Å². The van der Waals surface area contributed by atoms with Crippen LogP contribution in [0.4, 0.5) is 0 Å². The summed E-state index contributed by atoms with van der Waals surface area (Å²) in [5.41, 5.74) is 4.24. The zero-order valence-corrected chi connectivity index (χ0v) is 17.2. The molecule has 158 valence electrons. The molecule has 0 spiro atoms. The van der Waals surface area contributed by atoms with Crippen LogP contribution in [0.15, 0.2) is 34.2 Å². The number of hydrogen-bond donors (Lipinski definition) is 4. The monoisotopic (exact) mass is 418 g/mol. The van der Waals surface area contributed by atoms with E-state index in [1.807, 2.05) is 32.0 Å². The molecule has 9 heteroatoms. The summed E-state index contributed by atoms with van der Waals surface area (Å²) < 4.78 is 1.67. The number of imidazole rings is 1. The fourth-order valence-electron chi connectivity index (χ4n) is 3.61. The third-order valence-corrected chi connectivity index (χ3v) is 5.43. The lowest BCUT2D eigenvalue weighted by Gasteiger charge is -2.10. The summed E-state index contributed by atoms with van der Waals surface area (Å²) >= 11 is 0. The number of nitrogens with zero attached hydrogens (tertiary/aromatic N) is 4. The number of phenolic OH excluding ortho intramolecular Hbond substituents is 1. The van der Waals surface area contributed by atoms with Gasteiger partial charge < -0.3 is 15.2 Å². The first-order valence-electron chi connectivity index (χ1n) is 10.2. The molecule has 1 fully saturated rings. The van der Waals surface area contributed by atoms with E-state index >= 15 is 0 Å². The van der Waals surface area contributed by atoms with Crippen LogP contribution in [0, 0.1) is 6.92 Å². The first kappa shape index (κ1) is 19.1. The molecule has 3 heterocycles. The molecule has 0 radical (unpaired) electrons. The minimum absolute atomic E-state index is 0.245. The van der Waals surface area contributed by atoms with Gasteiger partial charge in [-0.2, -0.15) is 9.61 Å². The summed E-state index contributed by atoms with van der Waals surface area (Å²) in [6.45, 7) is 3.87. The van der Waals surface area contributed by atoms with Crippen molar-refractivity contribution in [1.29, 1.82) is 0 Å². The van der Waals surface area contributed by atoms with E-state index in [2.05, 4.69) is 15.1 Å². The molecule has 4 aromatic rings. The smallest absolute Gasteiger partial charge is 0.326 e. The van der Waals surface area contributed by atoms with Gasteiger partial charge in [0.15, 0.2) is 11.1 Å². The van der Waals surface area contributed by atoms with Gasteiger partial charge in [-0.15, -0.1) is 0 Å². The highest BCUT2D eigenvalue weighted by atomic mass is 16.3. The number of fused-ring (bicyclic) bond motifs is 1. The summed E-state index contributed by atoms with van der Waals surface area (Å²) in [5.74, 6) is 0.0608. The lowest BCUT2D eigenvalue weighted by atomic mass is 10.0. The number of rotatable bonds is 4. The third kappa shape index (κ3) is 3.48. The average molecular weight is 418 g/mol. The van der Waals surface area contributed by atoms with Crippen molar-refractivity contribution in [1.82, 2.24) is 24.6 Å². The SMILES string of the molecule is CCc1cc(-c2cc(=NC3CC3)n3ncc(=Cc4[nH]c(=O)[nH]c4O)c3n2)cc(C)c1O. The highest BCUT2D eigenvalue weighted by Gasteiger charge is 2.20. The summed E-state index contributed by atoms with van der Waals surface area (Å²) in [5, 5.41) is 25.3. The van der Waals surface area contributed by atoms with Gasteiger partial charge in [0.05, 0.1) is 17.9 Å². The number of nitrogens with one attached hydrogen (secondary N) is 2. The van der Waals surface area contributed by atoms with Crippen molar-refractivity contribution in [2.24, 2.45) is 4.99 Å². The number of aromatic nitrogens is 5. The Morgan fingerprint density at radius 1 is 1.26 bits per heavy atom. The lowest BCUT2D eigenvalue weighted by molar-refractivity contribution is 0.454. The van der Waals surface area contributed by atoms with E-state index in [0.29, 0.717) is 34.2 Å². The predicted octanol–water partition coefficient (Wildman–Crippen LogP) is 1.31. The van der Waals surface area contributed by atoms with Crippen LogP contribution in [-0.4, -0.2) is 40.8 Å². The maximum absolute atomic E-state index is 11.5. The first-order chi connectivity index (χ1) is 14.9. The molecule has 1 aromatic carbocycles. The second-order valence-corrected chi connectivity index (χ2v) is 7.84. The topological polar surface area (TPSA) is 132 Å². The van der Waals surface area contributed by atoms with E-state index in [1.54, 1.807) is 16.8 Å². The van der Waals surface area contributed by atoms with Crippen molar-refractivity contribution in [3.63, 3.8) is 0 Å². The predicted molar refractivity (Wildman–Crippen MR) is 115 cm³/mol. The second-order valence-electron chi connectivity index (χ2n) is 7.84. The van der Waals surface area contributed by atoms with Gasteiger partial charge in [-0.3, -0.25) is 9.98 Å². The Bertz CT molecular complexity index is 1490. The number of aromatic hydroxyl groups is 2. The molecule has 1 aliphatic rings. The first-order valence-corrected chi connectivity index (χ1v) is 10.2. The zero-order chi connectivity index (χ0) is 21.7. The summed E-state index contributed by atoms with van der Waals surface area (Å²) in [6.07, 6.45) is 6.05. The number of phenols is 1. The van der Waals surface area contributed by atoms with Crippen LogP contribution in [0.3, 0.4) is 0 Å². The maximum atomic E-state index is 11.5. The van der Waals surface area contributed by atoms with Crippen molar-refractivity contribution < 1.29 is 10.2 Å². The molecule has 5 rings (SSSR count). The highest BCUT2D eigenvalue weighted by Crippen LogP contribution is 2.29. The van der Waals surface area contributed by atoms with E-state index in [9.17, 15) is 15.0 Å². The zero-order valence-electron chi connectivity index (χ0n) is 17.2. The maximum Gasteiger partial charge on any atom is 0.326 e. The fourth-order valence-corrected chi connectivity index (χ4v) is 3.61. The van der Waals surface area contributed by atoms with Crippen molar-refractivity contribution in [2.45, 2.75) is 39.2 Å². The van der Waals surface area contributed by atoms with Gasteiger partial charge in [-0.1, -0.05) is 6.92 Å². The molecule has 1 saturated carbocycles. The number of aryl methyl sites for hydroxylation is 2. The molecule has 0 atom stereocenters. The number of H-pyrrole nitrogens is 2. The van der Waals surface area contributed by atoms with E-state index in [0.717, 1.165) is 29.5 Å². The molecule has 0 bridgehead atoms. The molecule has 1 aliphatic carbocycles. The molecule has 4 N–H and O–H groups in total. The summed E-state index contributed by atoms with van der Waals surface area (Å²) in [7, 11) is 0. The van der Waals surface area contributed by atoms with Crippen molar-refractivity contribution in [3.8, 4) is 22.9 Å². The Kier molecular flexibility index (Phi) is 4.39. The Morgan fingerprint density at radius 3 is 2.74 bits per heavy atom. The van der Waals surface area contributed by atoms with Gasteiger partial charge in [-0.25, -0.2) is 9.78 Å². The average Bonchev–Trinajstić information content (AvgIpc) is 3.38. The van der Waals surface area contributed by atoms with Gasteiger partial charge in [0.1, 0.15) is 11.4 Å². The summed E-state index contributed by atoms with van der Waals surface area (Å²) in [4.78, 5) is 25.9. The molecule has 9 nitrogen and oxygen atoms in total. The fraction of sp³-hybridized carbons (Fsp3) is 0.273. The van der Waals surface area contributed by atoms with Crippen LogP contribution in [0.1, 0.15) is 36.6 Å².